The van der Waals surface area contributed by atoms with Crippen LogP contribution in [-0.4, -0.2) is 19.2 Å². The maximum Gasteiger partial charge on any atom is 0.177 e. The molecule has 2 aromatic rings. The molecule has 0 unspecified atom stereocenters. The van der Waals surface area contributed by atoms with Crippen LogP contribution in [0.5, 0.6) is 0 Å². The summed E-state index contributed by atoms with van der Waals surface area (Å²) in [6.07, 6.45) is 2.98. The molecule has 0 aliphatic carbocycles. The van der Waals surface area contributed by atoms with Gasteiger partial charge in [-0.05, 0) is 19.9 Å². The molecule has 2 rings (SSSR count). The Bertz CT molecular complexity index is 624. The molecule has 3 nitrogen and oxygen atoms in total. The molecular formula is C12H15NO2S. The number of hydrogen-bond donors (Lipinski definition) is 0. The SMILES string of the molecule is CC(C)n1cc(S(C)(=O)=O)c2ccccc21. The summed E-state index contributed by atoms with van der Waals surface area (Å²) in [5.74, 6) is 0. The molecule has 0 amide bonds. The molecule has 0 N–H and O–H groups in total. The fraction of sp³-hybridized carbons (Fsp3) is 0.333. The second-order valence-electron chi connectivity index (χ2n) is 4.28. The second-order valence-corrected chi connectivity index (χ2v) is 6.27. The zero-order chi connectivity index (χ0) is 11.9. The van der Waals surface area contributed by atoms with Gasteiger partial charge in [-0.25, -0.2) is 8.42 Å². The van der Waals surface area contributed by atoms with Crippen LogP contribution in [0.2, 0.25) is 0 Å². The molecule has 1 heterocycles. The third-order valence-corrected chi connectivity index (χ3v) is 3.78. The van der Waals surface area contributed by atoms with Crippen molar-refractivity contribution in [2.45, 2.75) is 24.8 Å². The lowest BCUT2D eigenvalue weighted by molar-refractivity contribution is 0.597. The standard InChI is InChI=1S/C12H15NO2S/c1-9(2)13-8-12(16(3,14)15)10-6-4-5-7-11(10)13/h4-9H,1-3H3. The van der Waals surface area contributed by atoms with Crippen molar-refractivity contribution in [3.05, 3.63) is 30.5 Å². The quantitative estimate of drug-likeness (QED) is 0.805. The summed E-state index contributed by atoms with van der Waals surface area (Å²) in [7, 11) is -3.16. The summed E-state index contributed by atoms with van der Waals surface area (Å²) in [6, 6.07) is 7.84. The van der Waals surface area contributed by atoms with E-state index in [4.69, 9.17) is 0 Å². The minimum absolute atomic E-state index is 0.250. The minimum atomic E-state index is -3.16. The van der Waals surface area contributed by atoms with E-state index < -0.39 is 9.84 Å². The van der Waals surface area contributed by atoms with Gasteiger partial charge in [-0.15, -0.1) is 0 Å². The first-order valence-electron chi connectivity index (χ1n) is 5.21. The average molecular weight is 237 g/mol. The number of aromatic nitrogens is 1. The van der Waals surface area contributed by atoms with Gasteiger partial charge in [-0.2, -0.15) is 0 Å². The van der Waals surface area contributed by atoms with E-state index >= 15 is 0 Å². The summed E-state index contributed by atoms with van der Waals surface area (Å²) < 4.78 is 25.3. The molecule has 1 aromatic heterocycles. The van der Waals surface area contributed by atoms with Gasteiger partial charge in [0.15, 0.2) is 9.84 Å². The predicted molar refractivity (Wildman–Crippen MR) is 65.4 cm³/mol. The van der Waals surface area contributed by atoms with Crippen LogP contribution in [0, 0.1) is 0 Å². The Morgan fingerprint density at radius 2 is 1.81 bits per heavy atom. The molecule has 0 fully saturated rings. The molecule has 86 valence electrons. The van der Waals surface area contributed by atoms with Crippen LogP contribution in [0.4, 0.5) is 0 Å². The van der Waals surface area contributed by atoms with Crippen molar-refractivity contribution in [2.24, 2.45) is 0 Å². The lowest BCUT2D eigenvalue weighted by Crippen LogP contribution is -1.99. The van der Waals surface area contributed by atoms with E-state index in [0.717, 1.165) is 10.9 Å². The number of sulfone groups is 1. The van der Waals surface area contributed by atoms with E-state index in [0.29, 0.717) is 4.90 Å². The van der Waals surface area contributed by atoms with E-state index in [1.54, 1.807) is 6.20 Å². The van der Waals surface area contributed by atoms with Gasteiger partial charge in [0.2, 0.25) is 0 Å². The molecule has 0 aliphatic rings. The second kappa shape index (κ2) is 3.63. The van der Waals surface area contributed by atoms with Gasteiger partial charge in [-0.3, -0.25) is 0 Å². The molecular weight excluding hydrogens is 222 g/mol. The Hall–Kier alpha value is -1.29. The molecule has 1 aromatic carbocycles. The Kier molecular flexibility index (Phi) is 2.54. The first kappa shape index (κ1) is 11.2. The Labute approximate surface area is 95.6 Å². The van der Waals surface area contributed by atoms with Gasteiger partial charge in [0.25, 0.3) is 0 Å². The zero-order valence-electron chi connectivity index (χ0n) is 9.64. The van der Waals surface area contributed by atoms with Crippen LogP contribution in [0.1, 0.15) is 19.9 Å². The van der Waals surface area contributed by atoms with Crippen molar-refractivity contribution in [3.8, 4) is 0 Å². The highest BCUT2D eigenvalue weighted by molar-refractivity contribution is 7.91. The fourth-order valence-corrected chi connectivity index (χ4v) is 2.77. The van der Waals surface area contributed by atoms with Crippen LogP contribution in [-0.2, 0) is 9.84 Å². The Balaban J connectivity index is 2.88. The third kappa shape index (κ3) is 1.73. The predicted octanol–water partition coefficient (Wildman–Crippen LogP) is 2.63. The van der Waals surface area contributed by atoms with Crippen LogP contribution in [0.15, 0.2) is 35.4 Å². The van der Waals surface area contributed by atoms with E-state index in [1.807, 2.05) is 42.7 Å². The summed E-state index contributed by atoms with van der Waals surface area (Å²) in [5.41, 5.74) is 0.970. The molecule has 0 saturated carbocycles. The maximum atomic E-state index is 11.7. The van der Waals surface area contributed by atoms with Crippen molar-refractivity contribution >= 4 is 20.7 Å². The zero-order valence-corrected chi connectivity index (χ0v) is 10.5. The topological polar surface area (TPSA) is 39.1 Å². The van der Waals surface area contributed by atoms with Gasteiger partial charge in [0, 0.05) is 29.4 Å². The van der Waals surface area contributed by atoms with Crippen LogP contribution < -0.4 is 0 Å². The average Bonchev–Trinajstić information content (AvgIpc) is 2.56. The van der Waals surface area contributed by atoms with Gasteiger partial charge in [0.05, 0.1) is 4.90 Å². The summed E-state index contributed by atoms with van der Waals surface area (Å²) in [5, 5.41) is 0.804. The van der Waals surface area contributed by atoms with Gasteiger partial charge >= 0.3 is 0 Å². The van der Waals surface area contributed by atoms with E-state index in [2.05, 4.69) is 0 Å². The molecule has 0 atom stereocenters. The number of fused-ring (bicyclic) bond motifs is 1. The summed E-state index contributed by atoms with van der Waals surface area (Å²) in [6.45, 7) is 4.08. The number of hydrogen-bond acceptors (Lipinski definition) is 2. The monoisotopic (exact) mass is 237 g/mol. The highest BCUT2D eigenvalue weighted by Gasteiger charge is 2.17. The molecule has 0 spiro atoms. The highest BCUT2D eigenvalue weighted by atomic mass is 32.2. The largest absolute Gasteiger partial charge is 0.344 e. The van der Waals surface area contributed by atoms with Crippen molar-refractivity contribution in [2.75, 3.05) is 6.26 Å². The first-order chi connectivity index (χ1) is 7.41. The highest BCUT2D eigenvalue weighted by Crippen LogP contribution is 2.27. The normalized spacial score (nSPS) is 12.5. The number of nitrogens with zero attached hydrogens (tertiary/aromatic N) is 1. The van der Waals surface area contributed by atoms with Crippen molar-refractivity contribution in [1.82, 2.24) is 4.57 Å². The molecule has 4 heteroatoms. The van der Waals surface area contributed by atoms with E-state index in [1.165, 1.54) is 6.26 Å². The number of para-hydroxylation sites is 1. The number of benzene rings is 1. The van der Waals surface area contributed by atoms with Gasteiger partial charge in [-0.1, -0.05) is 18.2 Å². The van der Waals surface area contributed by atoms with Gasteiger partial charge < -0.3 is 4.57 Å². The van der Waals surface area contributed by atoms with Crippen molar-refractivity contribution < 1.29 is 8.42 Å². The Morgan fingerprint density at radius 1 is 1.19 bits per heavy atom. The minimum Gasteiger partial charge on any atom is -0.344 e. The summed E-state index contributed by atoms with van der Waals surface area (Å²) >= 11 is 0. The van der Waals surface area contributed by atoms with Crippen LogP contribution in [0.25, 0.3) is 10.9 Å². The fourth-order valence-electron chi connectivity index (χ4n) is 1.90. The van der Waals surface area contributed by atoms with E-state index in [-0.39, 0.29) is 6.04 Å². The van der Waals surface area contributed by atoms with Crippen LogP contribution in [0.3, 0.4) is 0 Å². The molecule has 0 saturated heterocycles. The smallest absolute Gasteiger partial charge is 0.177 e. The van der Waals surface area contributed by atoms with Crippen molar-refractivity contribution in [3.63, 3.8) is 0 Å². The number of rotatable bonds is 2. The first-order valence-corrected chi connectivity index (χ1v) is 7.10. The third-order valence-electron chi connectivity index (χ3n) is 2.66. The molecule has 0 bridgehead atoms. The van der Waals surface area contributed by atoms with Crippen LogP contribution >= 0.6 is 0 Å². The molecule has 0 radical (unpaired) electrons. The summed E-state index contributed by atoms with van der Waals surface area (Å²) in [4.78, 5) is 0.414. The van der Waals surface area contributed by atoms with Gasteiger partial charge in [0.1, 0.15) is 0 Å². The lowest BCUT2D eigenvalue weighted by Gasteiger charge is -2.08. The Morgan fingerprint density at radius 3 is 2.38 bits per heavy atom. The van der Waals surface area contributed by atoms with E-state index in [9.17, 15) is 8.42 Å². The molecule has 16 heavy (non-hydrogen) atoms. The van der Waals surface area contributed by atoms with Crippen molar-refractivity contribution in [1.29, 1.82) is 0 Å². The maximum absolute atomic E-state index is 11.7. The lowest BCUT2D eigenvalue weighted by atomic mass is 10.2. The molecule has 0 aliphatic heterocycles.